The molecule has 3 rings (SSSR count). The predicted molar refractivity (Wildman–Crippen MR) is 123 cm³/mol. The van der Waals surface area contributed by atoms with Gasteiger partial charge in [-0.1, -0.05) is 60.7 Å². The Hall–Kier alpha value is -3.28. The summed E-state index contributed by atoms with van der Waals surface area (Å²) in [5, 5.41) is 3.12. The predicted octanol–water partition coefficient (Wildman–Crippen LogP) is 4.34. The molecule has 2 aromatic carbocycles. The largest absolute Gasteiger partial charge is 0.474 e. The van der Waals surface area contributed by atoms with Crippen molar-refractivity contribution in [3.05, 3.63) is 84.3 Å². The number of esters is 1. The number of likely N-dealkylation sites (tertiary alicyclic amines) is 1. The molecule has 0 aromatic heterocycles. The third-order valence-electron chi connectivity index (χ3n) is 5.15. The van der Waals surface area contributed by atoms with E-state index in [0.717, 1.165) is 17.5 Å². The summed E-state index contributed by atoms with van der Waals surface area (Å²) in [5.41, 5.74) is 1.24. The lowest BCUT2D eigenvalue weighted by atomic mass is 10.0. The van der Waals surface area contributed by atoms with Gasteiger partial charge in [-0.3, -0.25) is 4.79 Å². The van der Waals surface area contributed by atoms with Crippen molar-refractivity contribution in [3.63, 3.8) is 0 Å². The van der Waals surface area contributed by atoms with Gasteiger partial charge in [0.2, 0.25) is 0 Å². The Morgan fingerprint density at radius 1 is 1.09 bits per heavy atom. The van der Waals surface area contributed by atoms with Crippen LogP contribution < -0.4 is 5.32 Å². The molecule has 0 unspecified atom stereocenters. The molecule has 1 fully saturated rings. The summed E-state index contributed by atoms with van der Waals surface area (Å²) in [4.78, 5) is 28.0. The van der Waals surface area contributed by atoms with Crippen molar-refractivity contribution in [2.75, 3.05) is 6.54 Å². The molecule has 1 aliphatic heterocycles. The van der Waals surface area contributed by atoms with Gasteiger partial charge in [0.1, 0.15) is 24.3 Å². The lowest BCUT2D eigenvalue weighted by molar-refractivity contribution is -0.155. The normalized spacial score (nSPS) is 16.8. The minimum absolute atomic E-state index is 0.189. The van der Waals surface area contributed by atoms with Gasteiger partial charge >= 0.3 is 5.97 Å². The maximum atomic E-state index is 13.6. The van der Waals surface area contributed by atoms with Crippen molar-refractivity contribution < 1.29 is 19.1 Å². The molecule has 1 amide bonds. The summed E-state index contributed by atoms with van der Waals surface area (Å²) in [5.74, 6) is -0.271. The van der Waals surface area contributed by atoms with Crippen LogP contribution in [-0.2, 0) is 25.7 Å². The molecule has 2 aromatic rings. The number of carbonyl (C=O) groups is 2. The fourth-order valence-electron chi connectivity index (χ4n) is 3.76. The van der Waals surface area contributed by atoms with E-state index in [0.29, 0.717) is 18.8 Å². The quantitative estimate of drug-likeness (QED) is 0.493. The fraction of sp³-hybridized carbons (Fsp3) is 0.385. The van der Waals surface area contributed by atoms with E-state index >= 15 is 0 Å². The summed E-state index contributed by atoms with van der Waals surface area (Å²) in [6.45, 7) is 10.4. The number of amides is 1. The highest BCUT2D eigenvalue weighted by molar-refractivity contribution is 5.89. The van der Waals surface area contributed by atoms with Crippen molar-refractivity contribution in [2.45, 2.75) is 57.9 Å². The minimum atomic E-state index is -0.714. The van der Waals surface area contributed by atoms with Crippen LogP contribution in [0.3, 0.4) is 0 Å². The molecular formula is C26H32N2O4. The number of carbonyl (C=O) groups excluding carboxylic acids is 2. The van der Waals surface area contributed by atoms with Gasteiger partial charge in [-0.2, -0.15) is 0 Å². The van der Waals surface area contributed by atoms with Gasteiger partial charge in [0, 0.05) is 6.54 Å². The number of ether oxygens (including phenoxy) is 2. The monoisotopic (exact) mass is 436 g/mol. The highest BCUT2D eigenvalue weighted by Gasteiger charge is 2.39. The maximum Gasteiger partial charge on any atom is 0.329 e. The number of hydrogen-bond acceptors (Lipinski definition) is 5. The fourth-order valence-corrected chi connectivity index (χ4v) is 3.76. The highest BCUT2D eigenvalue weighted by atomic mass is 16.5. The first kappa shape index (κ1) is 23.4. The molecule has 0 saturated carbocycles. The average molecular weight is 437 g/mol. The summed E-state index contributed by atoms with van der Waals surface area (Å²) >= 11 is 0. The number of hydrogen-bond donors (Lipinski definition) is 1. The smallest absolute Gasteiger partial charge is 0.329 e. The van der Waals surface area contributed by atoms with E-state index in [9.17, 15) is 9.59 Å². The Kier molecular flexibility index (Phi) is 7.57. The van der Waals surface area contributed by atoms with Crippen LogP contribution in [0.1, 0.15) is 50.8 Å². The van der Waals surface area contributed by atoms with Crippen LogP contribution in [-0.4, -0.2) is 35.0 Å². The number of nitrogens with one attached hydrogen (secondary N) is 1. The van der Waals surface area contributed by atoms with Crippen molar-refractivity contribution in [1.82, 2.24) is 10.2 Å². The summed E-state index contributed by atoms with van der Waals surface area (Å²) in [6.07, 6.45) is 1.33. The second-order valence-corrected chi connectivity index (χ2v) is 8.91. The van der Waals surface area contributed by atoms with E-state index in [-0.39, 0.29) is 18.5 Å². The SMILES string of the molecule is C=C(N[C@H](C(=O)N1CCC[C@@H]1C(=O)OCc1ccccc1)c1ccccc1)OC(C)(C)C. The first-order valence-electron chi connectivity index (χ1n) is 10.9. The Bertz CT molecular complexity index is 922. The van der Waals surface area contributed by atoms with Gasteiger partial charge in [0.05, 0.1) is 0 Å². The second-order valence-electron chi connectivity index (χ2n) is 8.91. The van der Waals surface area contributed by atoms with Crippen LogP contribution in [0.15, 0.2) is 73.1 Å². The highest BCUT2D eigenvalue weighted by Crippen LogP contribution is 2.26. The Labute approximate surface area is 190 Å². The van der Waals surface area contributed by atoms with Gasteiger partial charge in [-0.25, -0.2) is 4.79 Å². The molecule has 0 radical (unpaired) electrons. The van der Waals surface area contributed by atoms with Crippen LogP contribution in [0, 0.1) is 0 Å². The summed E-state index contributed by atoms with van der Waals surface area (Å²) in [6, 6.07) is 17.6. The topological polar surface area (TPSA) is 67.9 Å². The van der Waals surface area contributed by atoms with Crippen LogP contribution in [0.5, 0.6) is 0 Å². The average Bonchev–Trinajstić information content (AvgIpc) is 3.25. The Morgan fingerprint density at radius 2 is 1.72 bits per heavy atom. The van der Waals surface area contributed by atoms with Gasteiger partial charge in [0.15, 0.2) is 5.88 Å². The van der Waals surface area contributed by atoms with Gasteiger partial charge in [0.25, 0.3) is 5.91 Å². The minimum Gasteiger partial charge on any atom is -0.474 e. The van der Waals surface area contributed by atoms with E-state index < -0.39 is 17.7 Å². The van der Waals surface area contributed by atoms with Crippen LogP contribution in [0.2, 0.25) is 0 Å². The lowest BCUT2D eigenvalue weighted by Crippen LogP contribution is -2.47. The van der Waals surface area contributed by atoms with Gasteiger partial charge in [-0.05, 0) is 51.3 Å². The van der Waals surface area contributed by atoms with Crippen LogP contribution in [0.4, 0.5) is 0 Å². The molecule has 170 valence electrons. The Balaban J connectivity index is 1.73. The molecule has 1 heterocycles. The summed E-state index contributed by atoms with van der Waals surface area (Å²) < 4.78 is 11.3. The van der Waals surface area contributed by atoms with E-state index in [1.54, 1.807) is 4.90 Å². The Morgan fingerprint density at radius 3 is 2.34 bits per heavy atom. The maximum absolute atomic E-state index is 13.6. The van der Waals surface area contributed by atoms with Crippen LogP contribution >= 0.6 is 0 Å². The zero-order valence-electron chi connectivity index (χ0n) is 19.0. The second kappa shape index (κ2) is 10.4. The van der Waals surface area contributed by atoms with Crippen molar-refractivity contribution in [2.24, 2.45) is 0 Å². The zero-order chi connectivity index (χ0) is 23.1. The molecule has 6 nitrogen and oxygen atoms in total. The molecule has 0 spiro atoms. The number of nitrogens with zero attached hydrogens (tertiary/aromatic N) is 1. The molecule has 1 aliphatic rings. The van der Waals surface area contributed by atoms with Gasteiger partial charge < -0.3 is 19.7 Å². The molecular weight excluding hydrogens is 404 g/mol. The number of rotatable bonds is 8. The molecule has 2 atom stereocenters. The van der Waals surface area contributed by atoms with Crippen molar-refractivity contribution >= 4 is 11.9 Å². The third kappa shape index (κ3) is 6.36. The van der Waals surface area contributed by atoms with E-state index in [4.69, 9.17) is 9.47 Å². The van der Waals surface area contributed by atoms with Crippen molar-refractivity contribution in [1.29, 1.82) is 0 Å². The van der Waals surface area contributed by atoms with Crippen molar-refractivity contribution in [3.8, 4) is 0 Å². The molecule has 0 aliphatic carbocycles. The first-order valence-corrected chi connectivity index (χ1v) is 10.9. The molecule has 6 heteroatoms. The lowest BCUT2D eigenvalue weighted by Gasteiger charge is -2.31. The first-order chi connectivity index (χ1) is 15.2. The summed E-state index contributed by atoms with van der Waals surface area (Å²) in [7, 11) is 0. The number of benzene rings is 2. The molecule has 1 saturated heterocycles. The molecule has 32 heavy (non-hydrogen) atoms. The van der Waals surface area contributed by atoms with E-state index in [1.807, 2.05) is 81.4 Å². The van der Waals surface area contributed by atoms with E-state index in [2.05, 4.69) is 11.9 Å². The molecule has 1 N–H and O–H groups in total. The van der Waals surface area contributed by atoms with Crippen LogP contribution in [0.25, 0.3) is 0 Å². The van der Waals surface area contributed by atoms with E-state index in [1.165, 1.54) is 0 Å². The zero-order valence-corrected chi connectivity index (χ0v) is 19.0. The standard InChI is InChI=1S/C26H32N2O4/c1-19(32-26(2,3)4)27-23(21-14-9-6-10-15-21)24(29)28-17-11-16-22(28)25(30)31-18-20-12-7-5-8-13-20/h5-10,12-15,22-23,27H,1,11,16-18H2,2-4H3/t22-,23+/m1/s1. The molecule has 0 bridgehead atoms. The third-order valence-corrected chi connectivity index (χ3v) is 5.15. The van der Waals surface area contributed by atoms with Gasteiger partial charge in [-0.15, -0.1) is 0 Å².